The van der Waals surface area contributed by atoms with E-state index in [0.717, 1.165) is 17.1 Å². The van der Waals surface area contributed by atoms with E-state index in [0.29, 0.717) is 12.4 Å². The molecular weight excluding hydrogens is 204 g/mol. The fraction of sp³-hybridized carbons (Fsp3) is 0.273. The number of ether oxygens (including phenoxy) is 1. The lowest BCUT2D eigenvalue weighted by Crippen LogP contribution is -2.04. The zero-order valence-corrected chi connectivity index (χ0v) is 9.34. The molecule has 2 aromatic heterocycles. The maximum atomic E-state index is 5.54. The number of nitrogens with two attached hydrogens (primary N) is 1. The summed E-state index contributed by atoms with van der Waals surface area (Å²) in [6, 6.07) is 5.54. The van der Waals surface area contributed by atoms with E-state index in [9.17, 15) is 0 Å². The van der Waals surface area contributed by atoms with Gasteiger partial charge >= 0.3 is 0 Å². The van der Waals surface area contributed by atoms with E-state index in [2.05, 4.69) is 10.1 Å². The lowest BCUT2D eigenvalue weighted by atomic mass is 10.3. The summed E-state index contributed by atoms with van der Waals surface area (Å²) >= 11 is 0. The van der Waals surface area contributed by atoms with Gasteiger partial charge in [-0.05, 0) is 13.0 Å². The molecule has 5 nitrogen and oxygen atoms in total. The molecule has 0 atom stereocenters. The van der Waals surface area contributed by atoms with Gasteiger partial charge in [-0.25, -0.2) is 0 Å². The van der Waals surface area contributed by atoms with Crippen LogP contribution >= 0.6 is 0 Å². The van der Waals surface area contributed by atoms with Crippen LogP contribution in [0.4, 0.5) is 5.82 Å². The van der Waals surface area contributed by atoms with Crippen molar-refractivity contribution < 1.29 is 4.74 Å². The highest BCUT2D eigenvalue weighted by atomic mass is 16.5. The molecule has 0 radical (unpaired) electrons. The van der Waals surface area contributed by atoms with E-state index in [1.807, 2.05) is 25.3 Å². The topological polar surface area (TPSA) is 66.0 Å². The molecule has 0 aliphatic rings. The molecule has 0 bridgehead atoms. The number of methoxy groups -OCH3 is 1. The van der Waals surface area contributed by atoms with Gasteiger partial charge in [0.2, 0.25) is 0 Å². The Morgan fingerprint density at radius 1 is 1.44 bits per heavy atom. The van der Waals surface area contributed by atoms with Crippen molar-refractivity contribution in [2.75, 3.05) is 12.8 Å². The molecule has 2 rings (SSSR count). The van der Waals surface area contributed by atoms with Crippen LogP contribution in [0.2, 0.25) is 0 Å². The van der Waals surface area contributed by atoms with Gasteiger partial charge in [0, 0.05) is 24.0 Å². The lowest BCUT2D eigenvalue weighted by Gasteiger charge is -2.06. The minimum absolute atomic E-state index is 0.514. The Morgan fingerprint density at radius 3 is 2.88 bits per heavy atom. The van der Waals surface area contributed by atoms with E-state index in [-0.39, 0.29) is 0 Å². The third-order valence-electron chi connectivity index (χ3n) is 2.20. The average Bonchev–Trinajstić information content (AvgIpc) is 2.63. The standard InChI is InChI=1S/C11H14N4O/c1-8-5-10(16-2)6-9(13-8)7-15-4-3-11(12)14-15/h3-6H,7H2,1-2H3,(H2,12,14). The Bertz CT molecular complexity index is 492. The van der Waals surface area contributed by atoms with Crippen molar-refractivity contribution in [1.82, 2.24) is 14.8 Å². The molecule has 0 aromatic carbocycles. The lowest BCUT2D eigenvalue weighted by molar-refractivity contribution is 0.412. The van der Waals surface area contributed by atoms with E-state index < -0.39 is 0 Å². The van der Waals surface area contributed by atoms with E-state index in [1.165, 1.54) is 0 Å². The number of hydrogen-bond donors (Lipinski definition) is 1. The zero-order valence-electron chi connectivity index (χ0n) is 9.34. The summed E-state index contributed by atoms with van der Waals surface area (Å²) in [6.07, 6.45) is 1.83. The fourth-order valence-electron chi connectivity index (χ4n) is 1.53. The Labute approximate surface area is 93.9 Å². The number of nitrogen functional groups attached to an aromatic ring is 1. The molecule has 84 valence electrons. The van der Waals surface area contributed by atoms with Gasteiger partial charge < -0.3 is 10.5 Å². The molecule has 0 saturated carbocycles. The first-order valence-electron chi connectivity index (χ1n) is 4.98. The fourth-order valence-corrected chi connectivity index (χ4v) is 1.53. The Balaban J connectivity index is 2.24. The summed E-state index contributed by atoms with van der Waals surface area (Å²) in [6.45, 7) is 2.53. The molecule has 0 aliphatic heterocycles. The first-order chi connectivity index (χ1) is 7.67. The molecule has 5 heteroatoms. The molecular formula is C11H14N4O. The zero-order chi connectivity index (χ0) is 11.5. The summed E-state index contributed by atoms with van der Waals surface area (Å²) in [5, 5.41) is 4.10. The SMILES string of the molecule is COc1cc(C)nc(Cn2ccc(N)n2)c1. The van der Waals surface area contributed by atoms with Crippen LogP contribution in [0.25, 0.3) is 0 Å². The van der Waals surface area contributed by atoms with Crippen molar-refractivity contribution in [3.8, 4) is 5.75 Å². The van der Waals surface area contributed by atoms with Gasteiger partial charge in [0.15, 0.2) is 0 Å². The van der Waals surface area contributed by atoms with Crippen LogP contribution < -0.4 is 10.5 Å². The van der Waals surface area contributed by atoms with Crippen molar-refractivity contribution in [3.05, 3.63) is 35.8 Å². The van der Waals surface area contributed by atoms with Crippen LogP contribution in [0.1, 0.15) is 11.4 Å². The number of hydrogen-bond acceptors (Lipinski definition) is 4. The quantitative estimate of drug-likeness (QED) is 0.841. The summed E-state index contributed by atoms with van der Waals surface area (Å²) < 4.78 is 6.93. The highest BCUT2D eigenvalue weighted by Crippen LogP contribution is 2.14. The smallest absolute Gasteiger partial charge is 0.145 e. The van der Waals surface area contributed by atoms with Crippen LogP contribution in [0, 0.1) is 6.92 Å². The molecule has 0 spiro atoms. The van der Waals surface area contributed by atoms with Crippen molar-refractivity contribution in [2.45, 2.75) is 13.5 Å². The average molecular weight is 218 g/mol. The predicted molar refractivity (Wildman–Crippen MR) is 61.3 cm³/mol. The molecule has 2 heterocycles. The van der Waals surface area contributed by atoms with Crippen LogP contribution in [0.15, 0.2) is 24.4 Å². The molecule has 2 N–H and O–H groups in total. The number of aryl methyl sites for hydroxylation is 1. The highest BCUT2D eigenvalue weighted by Gasteiger charge is 2.02. The number of nitrogens with zero attached hydrogens (tertiary/aromatic N) is 3. The maximum absolute atomic E-state index is 5.54. The summed E-state index contributed by atoms with van der Waals surface area (Å²) in [5.74, 6) is 1.32. The Kier molecular flexibility index (Phi) is 2.76. The molecule has 0 aliphatic carbocycles. The first kappa shape index (κ1) is 10.5. The van der Waals surface area contributed by atoms with Crippen molar-refractivity contribution in [3.63, 3.8) is 0 Å². The summed E-state index contributed by atoms with van der Waals surface area (Å²) in [4.78, 5) is 4.40. The third-order valence-corrected chi connectivity index (χ3v) is 2.20. The molecule has 0 unspecified atom stereocenters. The van der Waals surface area contributed by atoms with Crippen LogP contribution in [-0.4, -0.2) is 21.9 Å². The summed E-state index contributed by atoms with van der Waals surface area (Å²) in [5.41, 5.74) is 7.37. The van der Waals surface area contributed by atoms with Crippen LogP contribution in [-0.2, 0) is 6.54 Å². The van der Waals surface area contributed by atoms with E-state index in [4.69, 9.17) is 10.5 Å². The van der Waals surface area contributed by atoms with Gasteiger partial charge in [-0.15, -0.1) is 0 Å². The minimum atomic E-state index is 0.514. The van der Waals surface area contributed by atoms with Gasteiger partial charge in [0.25, 0.3) is 0 Å². The van der Waals surface area contributed by atoms with Crippen molar-refractivity contribution in [2.24, 2.45) is 0 Å². The normalized spacial score (nSPS) is 10.4. The Hall–Kier alpha value is -2.04. The summed E-state index contributed by atoms with van der Waals surface area (Å²) in [7, 11) is 1.64. The van der Waals surface area contributed by atoms with Gasteiger partial charge in [-0.3, -0.25) is 9.67 Å². The van der Waals surface area contributed by atoms with E-state index >= 15 is 0 Å². The van der Waals surface area contributed by atoms with Crippen LogP contribution in [0.5, 0.6) is 5.75 Å². The number of pyridine rings is 1. The second-order valence-corrected chi connectivity index (χ2v) is 3.58. The van der Waals surface area contributed by atoms with E-state index in [1.54, 1.807) is 17.9 Å². The number of anilines is 1. The Morgan fingerprint density at radius 2 is 2.25 bits per heavy atom. The van der Waals surface area contributed by atoms with Gasteiger partial charge in [0.1, 0.15) is 11.6 Å². The molecule has 2 aromatic rings. The van der Waals surface area contributed by atoms with Gasteiger partial charge in [0.05, 0.1) is 19.3 Å². The molecule has 0 saturated heterocycles. The second-order valence-electron chi connectivity index (χ2n) is 3.58. The second kappa shape index (κ2) is 4.22. The monoisotopic (exact) mass is 218 g/mol. The minimum Gasteiger partial charge on any atom is -0.497 e. The third kappa shape index (κ3) is 2.31. The van der Waals surface area contributed by atoms with Gasteiger partial charge in [-0.2, -0.15) is 5.10 Å². The van der Waals surface area contributed by atoms with Crippen molar-refractivity contribution in [1.29, 1.82) is 0 Å². The predicted octanol–water partition coefficient (Wildman–Crippen LogP) is 1.23. The van der Waals surface area contributed by atoms with Gasteiger partial charge in [-0.1, -0.05) is 0 Å². The number of aromatic nitrogens is 3. The molecule has 0 fully saturated rings. The number of rotatable bonds is 3. The first-order valence-corrected chi connectivity index (χ1v) is 4.98. The van der Waals surface area contributed by atoms with Crippen LogP contribution in [0.3, 0.4) is 0 Å². The largest absolute Gasteiger partial charge is 0.497 e. The molecule has 16 heavy (non-hydrogen) atoms. The highest BCUT2D eigenvalue weighted by molar-refractivity contribution is 5.28. The van der Waals surface area contributed by atoms with Crippen molar-refractivity contribution >= 4 is 5.82 Å². The molecule has 0 amide bonds. The maximum Gasteiger partial charge on any atom is 0.145 e.